The Morgan fingerprint density at radius 2 is 1.23 bits per heavy atom. The molecule has 66 heavy (non-hydrogen) atoms. The summed E-state index contributed by atoms with van der Waals surface area (Å²) in [5.41, 5.74) is 0. The highest BCUT2D eigenvalue weighted by molar-refractivity contribution is 7.47. The minimum absolute atomic E-state index is 0.00343. The molecule has 1 fully saturated rings. The van der Waals surface area contributed by atoms with Gasteiger partial charge in [0.15, 0.2) is 12.4 Å². The number of unbranched alkanes of at least 4 members (excludes halogenated alkanes) is 17. The quantitative estimate of drug-likeness (QED) is 0.0130. The van der Waals surface area contributed by atoms with Crippen LogP contribution in [0.25, 0.3) is 0 Å². The van der Waals surface area contributed by atoms with E-state index in [1.165, 1.54) is 70.6 Å². The maximum Gasteiger partial charge on any atom is 0.472 e. The molecule has 0 bridgehead atoms. The molecule has 8 atom stereocenters. The van der Waals surface area contributed by atoms with E-state index in [0.717, 1.165) is 50.9 Å². The largest absolute Gasteiger partial charge is 0.472 e. The molecule has 0 radical (unpaired) electrons. The number of esters is 2. The first-order chi connectivity index (χ1) is 31.4. The van der Waals surface area contributed by atoms with Crippen LogP contribution in [-0.4, -0.2) is 110 Å². The average Bonchev–Trinajstić information content (AvgIpc) is 3.25. The van der Waals surface area contributed by atoms with E-state index in [4.69, 9.17) is 33.0 Å². The van der Waals surface area contributed by atoms with Crippen molar-refractivity contribution in [1.82, 2.24) is 0 Å². The number of rotatable bonds is 42. The van der Waals surface area contributed by atoms with E-state index in [1.54, 1.807) is 12.2 Å². The predicted molar refractivity (Wildman–Crippen MR) is 252 cm³/mol. The highest BCUT2D eigenvalue weighted by atomic mass is 31.2. The Kier molecular flexibility index (Phi) is 36.2. The van der Waals surface area contributed by atoms with Gasteiger partial charge in [-0.15, -0.1) is 0 Å². The second-order valence-corrected chi connectivity index (χ2v) is 20.8. The fourth-order valence-corrected chi connectivity index (χ4v) is 8.61. The summed E-state index contributed by atoms with van der Waals surface area (Å²) in [4.78, 5) is 53.1. The summed E-state index contributed by atoms with van der Waals surface area (Å²) in [7, 11) is -9.78. The third-order valence-corrected chi connectivity index (χ3v) is 12.7. The Balaban J connectivity index is 2.53. The molecule has 2 unspecified atom stereocenters. The first kappa shape index (κ1) is 62.5. The van der Waals surface area contributed by atoms with Crippen molar-refractivity contribution in [3.8, 4) is 0 Å². The zero-order chi connectivity index (χ0) is 49.1. The lowest BCUT2D eigenvalue weighted by Gasteiger charge is -2.36. The van der Waals surface area contributed by atoms with Crippen molar-refractivity contribution in [2.75, 3.05) is 26.4 Å². The SMILES string of the molecule is CCCCC[C@H](O)/C=C/[C@H]1OC(O)C[C@H](O)[C@@H]1C/C=C\CCCC(=O)OC[C@H](COP(=O)(O)OC[C@@H](O)COP(=O)(O)O)OC(=O)CCCCCCCCCCCCCCCCCC(C)C. The Labute approximate surface area is 395 Å². The van der Waals surface area contributed by atoms with Crippen LogP contribution in [-0.2, 0) is 46.5 Å². The lowest BCUT2D eigenvalue weighted by atomic mass is 9.87. The molecule has 0 aliphatic carbocycles. The predicted octanol–water partition coefficient (Wildman–Crippen LogP) is 9.03. The molecule has 7 N–H and O–H groups in total. The van der Waals surface area contributed by atoms with Crippen LogP contribution in [0.2, 0.25) is 0 Å². The van der Waals surface area contributed by atoms with Gasteiger partial charge in [0.05, 0.1) is 38.1 Å². The van der Waals surface area contributed by atoms with Crippen molar-refractivity contribution in [3.63, 3.8) is 0 Å². The third-order valence-electron chi connectivity index (χ3n) is 11.3. The van der Waals surface area contributed by atoms with Crippen molar-refractivity contribution >= 4 is 27.6 Å². The first-order valence-corrected chi connectivity index (χ1v) is 27.8. The van der Waals surface area contributed by atoms with Gasteiger partial charge >= 0.3 is 27.6 Å². The van der Waals surface area contributed by atoms with Crippen molar-refractivity contribution in [1.29, 1.82) is 0 Å². The van der Waals surface area contributed by atoms with E-state index in [1.807, 2.05) is 12.2 Å². The Morgan fingerprint density at radius 3 is 1.82 bits per heavy atom. The van der Waals surface area contributed by atoms with Gasteiger partial charge in [0.1, 0.15) is 12.7 Å². The molecule has 1 aliphatic rings. The van der Waals surface area contributed by atoms with Gasteiger partial charge in [-0.05, 0) is 38.0 Å². The minimum Gasteiger partial charge on any atom is -0.462 e. The van der Waals surface area contributed by atoms with Gasteiger partial charge in [-0.25, -0.2) is 9.13 Å². The molecule has 1 heterocycles. The van der Waals surface area contributed by atoms with Gasteiger partial charge in [-0.2, -0.15) is 0 Å². The van der Waals surface area contributed by atoms with Crippen molar-refractivity contribution < 1.29 is 81.6 Å². The summed E-state index contributed by atoms with van der Waals surface area (Å²) in [5.74, 6) is -0.768. The molecule has 17 nitrogen and oxygen atoms in total. The first-order valence-electron chi connectivity index (χ1n) is 24.8. The van der Waals surface area contributed by atoms with Crippen molar-refractivity contribution in [2.45, 2.75) is 225 Å². The summed E-state index contributed by atoms with van der Waals surface area (Å²) in [5, 5.41) is 40.8. The van der Waals surface area contributed by atoms with E-state index in [9.17, 15) is 44.0 Å². The molecule has 0 saturated carbocycles. The van der Waals surface area contributed by atoms with E-state index < -0.39 is 90.8 Å². The molecule has 388 valence electrons. The molecule has 19 heteroatoms. The van der Waals surface area contributed by atoms with Crippen LogP contribution in [0.5, 0.6) is 0 Å². The van der Waals surface area contributed by atoms with Crippen LogP contribution in [0.3, 0.4) is 0 Å². The number of hydrogen-bond donors (Lipinski definition) is 7. The number of aliphatic hydroxyl groups excluding tert-OH is 4. The number of hydrogen-bond acceptors (Lipinski definition) is 14. The summed E-state index contributed by atoms with van der Waals surface area (Å²) < 4.78 is 53.6. The van der Waals surface area contributed by atoms with E-state index in [2.05, 4.69) is 25.3 Å². The molecular weight excluding hydrogens is 898 g/mol. The second-order valence-electron chi connectivity index (χ2n) is 18.1. The molecule has 1 aliphatic heterocycles. The van der Waals surface area contributed by atoms with Crippen LogP contribution in [0.1, 0.15) is 188 Å². The Bertz CT molecular complexity index is 1390. The monoisotopic (exact) mass is 987 g/mol. The number of carbonyl (C=O) groups excluding carboxylic acids is 2. The number of ether oxygens (including phenoxy) is 3. The maximum atomic E-state index is 12.8. The van der Waals surface area contributed by atoms with Gasteiger partial charge in [-0.3, -0.25) is 23.2 Å². The number of aliphatic hydroxyl groups is 4. The third kappa shape index (κ3) is 36.4. The molecule has 0 spiro atoms. The average molecular weight is 987 g/mol. The molecule has 1 saturated heterocycles. The standard InChI is InChI=1S/C47H88O17P2/c1-4-5-21-27-39(48)31-32-44-42(43(50)33-47(53)64-44)28-23-19-20-24-29-45(51)59-36-41(37-62-66(57,58)61-35-40(49)34-60-65(54,55)56)63-46(52)30-25-18-16-14-12-10-8-6-7-9-11-13-15-17-22-26-38(2)3/h19,23,31-32,38-44,47-50,53H,4-18,20-22,24-30,33-37H2,1-3H3,(H,57,58)(H2,54,55,56)/b23-19-,32-31+/t39-,40-,41+,42-,43-,44+,47?/m0/s1. The molecular formula is C47H88O17P2. The normalized spacial score (nSPS) is 20.5. The van der Waals surface area contributed by atoms with Crippen LogP contribution in [0.15, 0.2) is 24.3 Å². The maximum absolute atomic E-state index is 12.8. The molecule has 0 amide bonds. The zero-order valence-corrected chi connectivity index (χ0v) is 42.0. The summed E-state index contributed by atoms with van der Waals surface area (Å²) in [6, 6.07) is 0. The molecule has 0 aromatic heterocycles. The number of phosphoric ester groups is 2. The molecule has 0 aromatic carbocycles. The van der Waals surface area contributed by atoms with Gasteiger partial charge in [0.25, 0.3) is 0 Å². The number of allylic oxidation sites excluding steroid dienone is 2. The van der Waals surface area contributed by atoms with Crippen molar-refractivity contribution in [3.05, 3.63) is 24.3 Å². The van der Waals surface area contributed by atoms with Gasteiger partial charge in [0, 0.05) is 25.2 Å². The lowest BCUT2D eigenvalue weighted by molar-refractivity contribution is -0.199. The zero-order valence-electron chi connectivity index (χ0n) is 40.2. The topological polar surface area (TPSA) is 265 Å². The van der Waals surface area contributed by atoms with Gasteiger partial charge in [-0.1, -0.05) is 161 Å². The fourth-order valence-electron chi connectivity index (χ4n) is 7.46. The molecule has 0 aromatic rings. The summed E-state index contributed by atoms with van der Waals surface area (Å²) in [6.45, 7) is 3.70. The smallest absolute Gasteiger partial charge is 0.462 e. The van der Waals surface area contributed by atoms with E-state index in [0.29, 0.717) is 32.1 Å². The summed E-state index contributed by atoms with van der Waals surface area (Å²) >= 11 is 0. The highest BCUT2D eigenvalue weighted by Gasteiger charge is 2.35. The minimum atomic E-state index is -4.90. The van der Waals surface area contributed by atoms with Crippen molar-refractivity contribution in [2.24, 2.45) is 11.8 Å². The Hall–Kier alpha value is -1.56. The summed E-state index contributed by atoms with van der Waals surface area (Å²) in [6.07, 6.45) is 25.0. The Morgan fingerprint density at radius 1 is 0.682 bits per heavy atom. The van der Waals surface area contributed by atoms with E-state index >= 15 is 0 Å². The van der Waals surface area contributed by atoms with Crippen LogP contribution in [0, 0.1) is 11.8 Å². The highest BCUT2D eigenvalue weighted by Crippen LogP contribution is 2.44. The number of carbonyl (C=O) groups is 2. The van der Waals surface area contributed by atoms with E-state index in [-0.39, 0.29) is 25.2 Å². The van der Waals surface area contributed by atoms with Crippen LogP contribution >= 0.6 is 15.6 Å². The molecule has 1 rings (SSSR count). The lowest BCUT2D eigenvalue weighted by Crippen LogP contribution is -2.43. The van der Waals surface area contributed by atoms with Crippen LogP contribution in [0.4, 0.5) is 0 Å². The van der Waals surface area contributed by atoms with Crippen LogP contribution < -0.4 is 0 Å². The van der Waals surface area contributed by atoms with Gasteiger partial charge < -0.3 is 49.3 Å². The fraction of sp³-hybridized carbons (Fsp3) is 0.872. The number of phosphoric acid groups is 2. The van der Waals surface area contributed by atoms with Gasteiger partial charge in [0.2, 0.25) is 0 Å². The second kappa shape index (κ2) is 38.2.